The van der Waals surface area contributed by atoms with E-state index in [4.69, 9.17) is 23.2 Å². The highest BCUT2D eigenvalue weighted by atomic mass is 35.5. The lowest BCUT2D eigenvalue weighted by Gasteiger charge is -2.01. The van der Waals surface area contributed by atoms with Crippen LogP contribution in [-0.2, 0) is 0 Å². The molecule has 0 aliphatic rings. The summed E-state index contributed by atoms with van der Waals surface area (Å²) in [5.74, 6) is 0. The van der Waals surface area contributed by atoms with E-state index in [2.05, 4.69) is 10.2 Å². The molecule has 0 saturated carbocycles. The van der Waals surface area contributed by atoms with Crippen LogP contribution in [0.4, 0.5) is 0 Å². The monoisotopic (exact) mass is 238 g/mol. The molecule has 2 nitrogen and oxygen atoms in total. The fourth-order valence-electron chi connectivity index (χ4n) is 1.22. The molecule has 15 heavy (non-hydrogen) atoms. The van der Waals surface area contributed by atoms with Crippen molar-refractivity contribution in [3.8, 4) is 11.3 Å². The van der Waals surface area contributed by atoms with E-state index in [0.29, 0.717) is 5.02 Å². The van der Waals surface area contributed by atoms with Crippen LogP contribution in [0.1, 0.15) is 5.56 Å². The van der Waals surface area contributed by atoms with Crippen molar-refractivity contribution in [2.45, 2.75) is 6.92 Å². The standard InChI is InChI=1S/C11H8Cl2N2/c1-7-2-4-8(5-3-7)10-6-9(12)11(13)15-14-10/h2-6H,1H3. The molecule has 0 aliphatic carbocycles. The molecule has 0 bridgehead atoms. The predicted molar refractivity (Wildman–Crippen MR) is 62.2 cm³/mol. The van der Waals surface area contributed by atoms with Crippen LogP contribution in [0.5, 0.6) is 0 Å². The molecule has 0 spiro atoms. The third-order valence-corrected chi connectivity index (χ3v) is 2.72. The lowest BCUT2D eigenvalue weighted by molar-refractivity contribution is 1.04. The normalized spacial score (nSPS) is 10.3. The Hall–Kier alpha value is -1.12. The van der Waals surface area contributed by atoms with Crippen LogP contribution in [0.3, 0.4) is 0 Å². The molecule has 0 N–H and O–H groups in total. The van der Waals surface area contributed by atoms with Crippen molar-refractivity contribution in [1.82, 2.24) is 10.2 Å². The number of halogens is 2. The summed E-state index contributed by atoms with van der Waals surface area (Å²) in [6, 6.07) is 9.69. The third kappa shape index (κ3) is 2.28. The fraction of sp³-hybridized carbons (Fsp3) is 0.0909. The van der Waals surface area contributed by atoms with Gasteiger partial charge in [-0.3, -0.25) is 0 Å². The first-order valence-electron chi connectivity index (χ1n) is 4.42. The molecule has 0 radical (unpaired) electrons. The quantitative estimate of drug-likeness (QED) is 0.757. The summed E-state index contributed by atoms with van der Waals surface area (Å²) in [5.41, 5.74) is 2.91. The Kier molecular flexibility index (Phi) is 2.89. The van der Waals surface area contributed by atoms with Gasteiger partial charge >= 0.3 is 0 Å². The molecule has 1 heterocycles. The molecule has 76 valence electrons. The van der Waals surface area contributed by atoms with Gasteiger partial charge in [0.2, 0.25) is 0 Å². The molecule has 2 rings (SSSR count). The van der Waals surface area contributed by atoms with Gasteiger partial charge in [0.1, 0.15) is 0 Å². The van der Waals surface area contributed by atoms with Crippen molar-refractivity contribution in [1.29, 1.82) is 0 Å². The maximum absolute atomic E-state index is 5.86. The summed E-state index contributed by atoms with van der Waals surface area (Å²) in [6.07, 6.45) is 0. The first-order chi connectivity index (χ1) is 7.16. The van der Waals surface area contributed by atoms with Crippen molar-refractivity contribution < 1.29 is 0 Å². The van der Waals surface area contributed by atoms with E-state index >= 15 is 0 Å². The maximum Gasteiger partial charge on any atom is 0.170 e. The highest BCUT2D eigenvalue weighted by molar-refractivity contribution is 6.41. The molecule has 4 heteroatoms. The smallest absolute Gasteiger partial charge is 0.149 e. The van der Waals surface area contributed by atoms with Crippen molar-refractivity contribution in [3.05, 3.63) is 46.1 Å². The summed E-state index contributed by atoms with van der Waals surface area (Å²) in [4.78, 5) is 0. The second-order valence-corrected chi connectivity index (χ2v) is 4.00. The summed E-state index contributed by atoms with van der Waals surface area (Å²) in [7, 11) is 0. The predicted octanol–water partition coefficient (Wildman–Crippen LogP) is 3.76. The van der Waals surface area contributed by atoms with E-state index in [-0.39, 0.29) is 5.15 Å². The Morgan fingerprint density at radius 3 is 2.27 bits per heavy atom. The minimum absolute atomic E-state index is 0.229. The maximum atomic E-state index is 5.86. The van der Waals surface area contributed by atoms with Gasteiger partial charge in [-0.15, -0.1) is 10.2 Å². The van der Waals surface area contributed by atoms with E-state index in [0.717, 1.165) is 11.3 Å². The van der Waals surface area contributed by atoms with Gasteiger partial charge < -0.3 is 0 Å². The van der Waals surface area contributed by atoms with E-state index in [1.165, 1.54) is 5.56 Å². The van der Waals surface area contributed by atoms with Gasteiger partial charge in [-0.1, -0.05) is 53.0 Å². The van der Waals surface area contributed by atoms with Crippen LogP contribution in [-0.4, -0.2) is 10.2 Å². The van der Waals surface area contributed by atoms with Crippen LogP contribution in [0, 0.1) is 6.92 Å². The van der Waals surface area contributed by atoms with Gasteiger partial charge in [0.05, 0.1) is 10.7 Å². The third-order valence-electron chi connectivity index (χ3n) is 2.05. The Labute approximate surface area is 97.9 Å². The summed E-state index contributed by atoms with van der Waals surface area (Å²) >= 11 is 11.5. The SMILES string of the molecule is Cc1ccc(-c2cc(Cl)c(Cl)nn2)cc1. The van der Waals surface area contributed by atoms with Gasteiger partial charge in [0.25, 0.3) is 0 Å². The van der Waals surface area contributed by atoms with Crippen LogP contribution >= 0.6 is 23.2 Å². The number of hydrogen-bond acceptors (Lipinski definition) is 2. The van der Waals surface area contributed by atoms with Crippen molar-refractivity contribution >= 4 is 23.2 Å². The minimum Gasteiger partial charge on any atom is -0.149 e. The lowest BCUT2D eigenvalue weighted by Crippen LogP contribution is -1.88. The van der Waals surface area contributed by atoms with Crippen LogP contribution in [0.25, 0.3) is 11.3 Å². The van der Waals surface area contributed by atoms with Crippen LogP contribution < -0.4 is 0 Å². The number of aromatic nitrogens is 2. The molecule has 0 saturated heterocycles. The van der Waals surface area contributed by atoms with Gasteiger partial charge in [0.15, 0.2) is 5.15 Å². The minimum atomic E-state index is 0.229. The Balaban J connectivity index is 2.45. The molecule has 1 aromatic heterocycles. The molecule has 2 aromatic rings. The van der Waals surface area contributed by atoms with Gasteiger partial charge in [-0.25, -0.2) is 0 Å². The average molecular weight is 239 g/mol. The average Bonchev–Trinajstić information content (AvgIpc) is 2.23. The molecule has 0 atom stereocenters. The fourth-order valence-corrected chi connectivity index (χ4v) is 1.45. The van der Waals surface area contributed by atoms with Crippen LogP contribution in [0.2, 0.25) is 10.2 Å². The van der Waals surface area contributed by atoms with E-state index in [9.17, 15) is 0 Å². The zero-order valence-electron chi connectivity index (χ0n) is 8.04. The van der Waals surface area contributed by atoms with Crippen LogP contribution in [0.15, 0.2) is 30.3 Å². The van der Waals surface area contributed by atoms with Crippen molar-refractivity contribution in [2.75, 3.05) is 0 Å². The first-order valence-corrected chi connectivity index (χ1v) is 5.18. The summed E-state index contributed by atoms with van der Waals surface area (Å²) < 4.78 is 0. The number of aryl methyl sites for hydroxylation is 1. The number of nitrogens with zero attached hydrogens (tertiary/aromatic N) is 2. The second-order valence-electron chi connectivity index (χ2n) is 3.23. The van der Waals surface area contributed by atoms with E-state index in [1.807, 2.05) is 31.2 Å². The largest absolute Gasteiger partial charge is 0.170 e. The van der Waals surface area contributed by atoms with Crippen molar-refractivity contribution in [3.63, 3.8) is 0 Å². The molecule has 1 aromatic carbocycles. The highest BCUT2D eigenvalue weighted by Gasteiger charge is 2.04. The van der Waals surface area contributed by atoms with E-state index in [1.54, 1.807) is 6.07 Å². The lowest BCUT2D eigenvalue weighted by atomic mass is 10.1. The number of benzene rings is 1. The topological polar surface area (TPSA) is 25.8 Å². The summed E-state index contributed by atoms with van der Waals surface area (Å²) in [6.45, 7) is 2.03. The van der Waals surface area contributed by atoms with Crippen molar-refractivity contribution in [2.24, 2.45) is 0 Å². The first kappa shape index (κ1) is 10.4. The van der Waals surface area contributed by atoms with Gasteiger partial charge in [-0.05, 0) is 13.0 Å². The van der Waals surface area contributed by atoms with Gasteiger partial charge in [0, 0.05) is 5.56 Å². The highest BCUT2D eigenvalue weighted by Crippen LogP contribution is 2.24. The Morgan fingerprint density at radius 2 is 1.67 bits per heavy atom. The van der Waals surface area contributed by atoms with Gasteiger partial charge in [-0.2, -0.15) is 0 Å². The molecule has 0 aliphatic heterocycles. The number of rotatable bonds is 1. The molecular weight excluding hydrogens is 231 g/mol. The molecule has 0 fully saturated rings. The zero-order chi connectivity index (χ0) is 10.8. The summed E-state index contributed by atoms with van der Waals surface area (Å²) in [5, 5.41) is 8.38. The number of hydrogen-bond donors (Lipinski definition) is 0. The second kappa shape index (κ2) is 4.17. The zero-order valence-corrected chi connectivity index (χ0v) is 9.55. The molecular formula is C11H8Cl2N2. The van der Waals surface area contributed by atoms with E-state index < -0.39 is 0 Å². The Bertz CT molecular complexity index is 480. The molecule has 0 unspecified atom stereocenters. The Morgan fingerprint density at radius 1 is 1.00 bits per heavy atom. The molecule has 0 amide bonds.